The SMILES string of the molecule is Cc1cc(C)c(N2CCN(c3ccccc3-c3ccccc3O)C2)c(C)c1. The van der Waals surface area contributed by atoms with E-state index in [1.165, 1.54) is 28.1 Å². The number of para-hydroxylation sites is 2. The Labute approximate surface area is 161 Å². The standard InChI is InChI=1S/C24H26N2O/c1-17-14-18(2)24(19(3)15-17)26-13-12-25(16-26)22-10-6-4-8-20(22)21-9-5-7-11-23(21)27/h4-11,14-15,27H,12-13,16H2,1-3H3. The van der Waals surface area contributed by atoms with Crippen LogP contribution in [0.2, 0.25) is 0 Å². The molecule has 0 bridgehead atoms. The molecule has 1 heterocycles. The molecule has 4 rings (SSSR count). The molecule has 0 saturated carbocycles. The Morgan fingerprint density at radius 2 is 1.33 bits per heavy atom. The zero-order valence-electron chi connectivity index (χ0n) is 16.2. The smallest absolute Gasteiger partial charge is 0.123 e. The van der Waals surface area contributed by atoms with E-state index in [1.807, 2.05) is 24.3 Å². The summed E-state index contributed by atoms with van der Waals surface area (Å²) in [6, 6.07) is 20.5. The summed E-state index contributed by atoms with van der Waals surface area (Å²) >= 11 is 0. The first-order valence-electron chi connectivity index (χ1n) is 9.50. The second-order valence-corrected chi connectivity index (χ2v) is 7.45. The van der Waals surface area contributed by atoms with E-state index < -0.39 is 0 Å². The Morgan fingerprint density at radius 3 is 2.04 bits per heavy atom. The zero-order valence-corrected chi connectivity index (χ0v) is 16.2. The fourth-order valence-corrected chi connectivity index (χ4v) is 4.32. The van der Waals surface area contributed by atoms with Crippen LogP contribution in [0.4, 0.5) is 11.4 Å². The summed E-state index contributed by atoms with van der Waals surface area (Å²) in [5, 5.41) is 10.3. The Hall–Kier alpha value is -2.94. The lowest BCUT2D eigenvalue weighted by Gasteiger charge is -2.26. The van der Waals surface area contributed by atoms with E-state index in [4.69, 9.17) is 0 Å². The van der Waals surface area contributed by atoms with E-state index in [0.29, 0.717) is 5.75 Å². The van der Waals surface area contributed by atoms with E-state index >= 15 is 0 Å². The molecule has 1 aliphatic rings. The van der Waals surface area contributed by atoms with Gasteiger partial charge in [0.2, 0.25) is 0 Å². The van der Waals surface area contributed by atoms with Gasteiger partial charge in [0.15, 0.2) is 0 Å². The minimum absolute atomic E-state index is 0.325. The summed E-state index contributed by atoms with van der Waals surface area (Å²) in [4.78, 5) is 4.87. The molecule has 3 nitrogen and oxygen atoms in total. The molecule has 3 heteroatoms. The van der Waals surface area contributed by atoms with E-state index in [2.05, 4.69) is 60.9 Å². The van der Waals surface area contributed by atoms with Gasteiger partial charge in [0.25, 0.3) is 0 Å². The van der Waals surface area contributed by atoms with Crippen molar-refractivity contribution in [3.05, 3.63) is 77.4 Å². The number of aromatic hydroxyl groups is 1. The van der Waals surface area contributed by atoms with Crippen molar-refractivity contribution >= 4 is 11.4 Å². The lowest BCUT2D eigenvalue weighted by molar-refractivity contribution is 0.477. The molecular formula is C24H26N2O. The van der Waals surface area contributed by atoms with Crippen LogP contribution >= 0.6 is 0 Å². The van der Waals surface area contributed by atoms with E-state index in [9.17, 15) is 5.11 Å². The van der Waals surface area contributed by atoms with Crippen molar-refractivity contribution in [2.75, 3.05) is 29.6 Å². The molecule has 0 aliphatic carbocycles. The number of hydrogen-bond donors (Lipinski definition) is 1. The van der Waals surface area contributed by atoms with Crippen molar-refractivity contribution in [2.45, 2.75) is 20.8 Å². The quantitative estimate of drug-likeness (QED) is 0.691. The molecule has 3 aromatic carbocycles. The summed E-state index contributed by atoms with van der Waals surface area (Å²) in [5.41, 5.74) is 8.47. The summed E-state index contributed by atoms with van der Waals surface area (Å²) in [5.74, 6) is 0.325. The number of benzene rings is 3. The molecule has 0 radical (unpaired) electrons. The monoisotopic (exact) mass is 358 g/mol. The molecule has 138 valence electrons. The van der Waals surface area contributed by atoms with Crippen LogP contribution in [0.3, 0.4) is 0 Å². The first-order valence-corrected chi connectivity index (χ1v) is 9.50. The molecular weight excluding hydrogens is 332 g/mol. The highest BCUT2D eigenvalue weighted by Crippen LogP contribution is 2.38. The van der Waals surface area contributed by atoms with Crippen molar-refractivity contribution in [2.24, 2.45) is 0 Å². The third kappa shape index (κ3) is 3.25. The van der Waals surface area contributed by atoms with Crippen LogP contribution in [0.15, 0.2) is 60.7 Å². The van der Waals surface area contributed by atoms with Crippen LogP contribution in [0.25, 0.3) is 11.1 Å². The number of anilines is 2. The van der Waals surface area contributed by atoms with E-state index in [-0.39, 0.29) is 0 Å². The van der Waals surface area contributed by atoms with Gasteiger partial charge in [0.05, 0.1) is 6.67 Å². The van der Waals surface area contributed by atoms with Crippen LogP contribution in [0.1, 0.15) is 16.7 Å². The van der Waals surface area contributed by atoms with Crippen LogP contribution in [0.5, 0.6) is 5.75 Å². The lowest BCUT2D eigenvalue weighted by atomic mass is 10.0. The lowest BCUT2D eigenvalue weighted by Crippen LogP contribution is -2.26. The second kappa shape index (κ2) is 6.99. The summed E-state index contributed by atoms with van der Waals surface area (Å²) in [6.07, 6.45) is 0. The van der Waals surface area contributed by atoms with Crippen LogP contribution in [-0.2, 0) is 0 Å². The number of rotatable bonds is 3. The molecule has 0 atom stereocenters. The molecule has 0 unspecified atom stereocenters. The molecule has 1 saturated heterocycles. The molecule has 1 aliphatic heterocycles. The van der Waals surface area contributed by atoms with Crippen molar-refractivity contribution in [3.63, 3.8) is 0 Å². The van der Waals surface area contributed by atoms with Gasteiger partial charge in [-0.15, -0.1) is 0 Å². The first-order chi connectivity index (χ1) is 13.0. The van der Waals surface area contributed by atoms with Gasteiger partial charge < -0.3 is 14.9 Å². The maximum absolute atomic E-state index is 10.3. The van der Waals surface area contributed by atoms with Crippen LogP contribution < -0.4 is 9.80 Å². The number of phenols is 1. The number of aryl methyl sites for hydroxylation is 3. The van der Waals surface area contributed by atoms with Gasteiger partial charge in [0, 0.05) is 35.6 Å². The van der Waals surface area contributed by atoms with Crippen LogP contribution in [-0.4, -0.2) is 24.9 Å². The third-order valence-electron chi connectivity index (χ3n) is 5.37. The third-order valence-corrected chi connectivity index (χ3v) is 5.37. The molecule has 3 aromatic rings. The van der Waals surface area contributed by atoms with E-state index in [1.54, 1.807) is 6.07 Å². The van der Waals surface area contributed by atoms with Gasteiger partial charge in [-0.25, -0.2) is 0 Å². The zero-order chi connectivity index (χ0) is 19.0. The Morgan fingerprint density at radius 1 is 0.741 bits per heavy atom. The summed E-state index contributed by atoms with van der Waals surface area (Å²) in [7, 11) is 0. The van der Waals surface area contributed by atoms with Gasteiger partial charge in [-0.2, -0.15) is 0 Å². The fourth-order valence-electron chi connectivity index (χ4n) is 4.32. The van der Waals surface area contributed by atoms with Crippen molar-refractivity contribution in [1.29, 1.82) is 0 Å². The maximum atomic E-state index is 10.3. The predicted molar refractivity (Wildman–Crippen MR) is 114 cm³/mol. The Bertz CT molecular complexity index is 957. The van der Waals surface area contributed by atoms with Crippen molar-refractivity contribution in [1.82, 2.24) is 0 Å². The highest BCUT2D eigenvalue weighted by Gasteiger charge is 2.25. The Balaban J connectivity index is 1.67. The molecule has 0 aromatic heterocycles. The number of nitrogens with zero attached hydrogens (tertiary/aromatic N) is 2. The minimum Gasteiger partial charge on any atom is -0.507 e. The first kappa shape index (κ1) is 17.5. The van der Waals surface area contributed by atoms with E-state index in [0.717, 1.165) is 30.9 Å². The largest absolute Gasteiger partial charge is 0.507 e. The van der Waals surface area contributed by atoms with Gasteiger partial charge in [0.1, 0.15) is 5.75 Å². The normalized spacial score (nSPS) is 14.0. The van der Waals surface area contributed by atoms with Gasteiger partial charge in [-0.3, -0.25) is 0 Å². The summed E-state index contributed by atoms with van der Waals surface area (Å²) < 4.78 is 0. The minimum atomic E-state index is 0.325. The second-order valence-electron chi connectivity index (χ2n) is 7.45. The average Bonchev–Trinajstić information content (AvgIpc) is 3.11. The number of phenolic OH excluding ortho intramolecular Hbond substituents is 1. The Kier molecular flexibility index (Phi) is 4.53. The van der Waals surface area contributed by atoms with Gasteiger partial charge in [-0.1, -0.05) is 54.1 Å². The fraction of sp³-hybridized carbons (Fsp3) is 0.250. The maximum Gasteiger partial charge on any atom is 0.123 e. The topological polar surface area (TPSA) is 26.7 Å². The molecule has 0 amide bonds. The van der Waals surface area contributed by atoms with Gasteiger partial charge >= 0.3 is 0 Å². The highest BCUT2D eigenvalue weighted by molar-refractivity contribution is 5.82. The average molecular weight is 358 g/mol. The van der Waals surface area contributed by atoms with Gasteiger partial charge in [-0.05, 0) is 44.0 Å². The highest BCUT2D eigenvalue weighted by atomic mass is 16.3. The summed E-state index contributed by atoms with van der Waals surface area (Å²) in [6.45, 7) is 9.39. The molecule has 1 fully saturated rings. The number of hydrogen-bond acceptors (Lipinski definition) is 3. The van der Waals surface area contributed by atoms with Crippen molar-refractivity contribution in [3.8, 4) is 16.9 Å². The molecule has 0 spiro atoms. The molecule has 27 heavy (non-hydrogen) atoms. The predicted octanol–water partition coefficient (Wildman–Crippen LogP) is 5.27. The molecule has 1 N–H and O–H groups in total. The van der Waals surface area contributed by atoms with Crippen molar-refractivity contribution < 1.29 is 5.11 Å². The van der Waals surface area contributed by atoms with Crippen LogP contribution in [0, 0.1) is 20.8 Å².